The van der Waals surface area contributed by atoms with Gasteiger partial charge in [0.1, 0.15) is 11.5 Å². The minimum atomic E-state index is -4.47. The first-order valence-corrected chi connectivity index (χ1v) is 14.7. The molecule has 5 aromatic rings. The molecule has 0 unspecified atom stereocenters. The lowest BCUT2D eigenvalue weighted by Crippen LogP contribution is -2.38. The van der Waals surface area contributed by atoms with E-state index in [0.717, 1.165) is 47.4 Å². The summed E-state index contributed by atoms with van der Waals surface area (Å²) in [5.41, 5.74) is 4.32. The van der Waals surface area contributed by atoms with Crippen LogP contribution in [0.5, 0.6) is 11.5 Å². The Hall–Kier alpha value is -4.83. The van der Waals surface area contributed by atoms with Gasteiger partial charge in [-0.15, -0.1) is 0 Å². The minimum Gasteiger partial charge on any atom is -0.493 e. The van der Waals surface area contributed by atoms with Gasteiger partial charge in [-0.25, -0.2) is 4.99 Å². The molecule has 0 bridgehead atoms. The monoisotopic (exact) mass is 614 g/mol. The number of alkyl halides is 3. The van der Waals surface area contributed by atoms with Crippen molar-refractivity contribution in [3.63, 3.8) is 0 Å². The molecule has 0 spiro atoms. The molecule has 0 radical (unpaired) electrons. The summed E-state index contributed by atoms with van der Waals surface area (Å²) in [6.45, 7) is 0. The van der Waals surface area contributed by atoms with Gasteiger partial charge in [-0.05, 0) is 65.9 Å². The second-order valence-corrected chi connectivity index (χ2v) is 11.5. The number of aromatic nitrogens is 1. The minimum absolute atomic E-state index is 0.240. The van der Waals surface area contributed by atoms with E-state index in [4.69, 9.17) is 18.9 Å². The molecule has 0 amide bonds. The SMILES string of the molecule is COc1ccc([C@@H]2C3=C(N=c4s/c(=C\c5ccc(-c6cccc(C(F)(F)F)c6)o5)c(=O)n42)c2ccccc2CC3)cc1OC. The van der Waals surface area contributed by atoms with Crippen LogP contribution in [0.1, 0.15) is 40.5 Å². The highest BCUT2D eigenvalue weighted by Gasteiger charge is 2.33. The Bertz CT molecular complexity index is 2140. The van der Waals surface area contributed by atoms with Crippen LogP contribution in [0.4, 0.5) is 13.2 Å². The van der Waals surface area contributed by atoms with Crippen molar-refractivity contribution in [2.24, 2.45) is 4.99 Å². The highest BCUT2D eigenvalue weighted by molar-refractivity contribution is 7.07. The summed E-state index contributed by atoms with van der Waals surface area (Å²) in [5, 5.41) is 0. The van der Waals surface area contributed by atoms with Crippen molar-refractivity contribution in [2.75, 3.05) is 14.2 Å². The number of thiazole rings is 1. The molecule has 2 aliphatic rings. The first-order chi connectivity index (χ1) is 21.2. The van der Waals surface area contributed by atoms with Crippen molar-refractivity contribution in [2.45, 2.75) is 25.1 Å². The van der Waals surface area contributed by atoms with E-state index in [2.05, 4.69) is 12.1 Å². The lowest BCUT2D eigenvalue weighted by atomic mass is 9.83. The van der Waals surface area contributed by atoms with Gasteiger partial charge in [0.05, 0.1) is 36.1 Å². The molecule has 3 aromatic carbocycles. The molecule has 10 heteroatoms. The van der Waals surface area contributed by atoms with Gasteiger partial charge in [-0.1, -0.05) is 53.8 Å². The summed E-state index contributed by atoms with van der Waals surface area (Å²) in [7, 11) is 3.15. The molecular weight excluding hydrogens is 589 g/mol. The number of aryl methyl sites for hydroxylation is 1. The Morgan fingerprint density at radius 1 is 0.955 bits per heavy atom. The van der Waals surface area contributed by atoms with Crippen LogP contribution in [0.2, 0.25) is 0 Å². The van der Waals surface area contributed by atoms with Gasteiger partial charge >= 0.3 is 6.18 Å². The highest BCUT2D eigenvalue weighted by atomic mass is 32.1. The summed E-state index contributed by atoms with van der Waals surface area (Å²) in [6, 6.07) is 21.6. The van der Waals surface area contributed by atoms with Crippen LogP contribution < -0.4 is 24.4 Å². The molecule has 1 aliphatic heterocycles. The molecule has 222 valence electrons. The first kappa shape index (κ1) is 28.0. The summed E-state index contributed by atoms with van der Waals surface area (Å²) < 4.78 is 58.8. The molecule has 3 heterocycles. The Labute approximate surface area is 253 Å². The summed E-state index contributed by atoms with van der Waals surface area (Å²) in [5.74, 6) is 1.76. The molecule has 0 saturated heterocycles. The second-order valence-electron chi connectivity index (χ2n) is 10.5. The van der Waals surface area contributed by atoms with Crippen LogP contribution in [0.15, 0.2) is 98.6 Å². The van der Waals surface area contributed by atoms with Gasteiger partial charge in [-0.3, -0.25) is 9.36 Å². The number of furan rings is 1. The maximum absolute atomic E-state index is 14.1. The Morgan fingerprint density at radius 3 is 2.57 bits per heavy atom. The average Bonchev–Trinajstić information content (AvgIpc) is 3.63. The predicted molar refractivity (Wildman–Crippen MR) is 161 cm³/mol. The van der Waals surface area contributed by atoms with Crippen LogP contribution in [0, 0.1) is 0 Å². The van der Waals surface area contributed by atoms with Crippen molar-refractivity contribution in [1.82, 2.24) is 4.57 Å². The largest absolute Gasteiger partial charge is 0.493 e. The van der Waals surface area contributed by atoms with Gasteiger partial charge in [0, 0.05) is 17.2 Å². The van der Waals surface area contributed by atoms with Crippen LogP contribution >= 0.6 is 11.3 Å². The van der Waals surface area contributed by atoms with Crippen molar-refractivity contribution >= 4 is 23.1 Å². The van der Waals surface area contributed by atoms with E-state index in [1.165, 1.54) is 23.0 Å². The molecule has 0 fully saturated rings. The van der Waals surface area contributed by atoms with Gasteiger partial charge in [0.25, 0.3) is 5.56 Å². The third-order valence-electron chi connectivity index (χ3n) is 7.97. The fourth-order valence-electron chi connectivity index (χ4n) is 5.91. The van der Waals surface area contributed by atoms with Crippen molar-refractivity contribution in [1.29, 1.82) is 0 Å². The molecule has 44 heavy (non-hydrogen) atoms. The van der Waals surface area contributed by atoms with Crippen LogP contribution in [-0.2, 0) is 12.6 Å². The van der Waals surface area contributed by atoms with E-state index in [1.54, 1.807) is 43.1 Å². The molecule has 0 N–H and O–H groups in total. The van der Waals surface area contributed by atoms with Gasteiger partial charge in [0.15, 0.2) is 16.3 Å². The summed E-state index contributed by atoms with van der Waals surface area (Å²) >= 11 is 1.24. The number of rotatable bonds is 5. The van der Waals surface area contributed by atoms with Crippen LogP contribution in [0.3, 0.4) is 0 Å². The molecule has 1 atom stereocenters. The molecule has 2 aromatic heterocycles. The normalized spacial score (nSPS) is 16.2. The number of benzene rings is 3. The number of allylic oxidation sites excluding steroid dienone is 1. The zero-order chi connectivity index (χ0) is 30.6. The van der Waals surface area contributed by atoms with Crippen molar-refractivity contribution in [3.05, 3.63) is 132 Å². The molecule has 6 nitrogen and oxygen atoms in total. The van der Waals surface area contributed by atoms with Crippen LogP contribution in [0.25, 0.3) is 23.1 Å². The maximum Gasteiger partial charge on any atom is 0.416 e. The molecule has 7 rings (SSSR count). The third-order valence-corrected chi connectivity index (χ3v) is 8.95. The fourth-order valence-corrected chi connectivity index (χ4v) is 6.89. The van der Waals surface area contributed by atoms with E-state index >= 15 is 0 Å². The van der Waals surface area contributed by atoms with Crippen LogP contribution in [-0.4, -0.2) is 18.8 Å². The van der Waals surface area contributed by atoms with Gasteiger partial charge in [0.2, 0.25) is 0 Å². The Morgan fingerprint density at radius 2 is 1.77 bits per heavy atom. The quantitative estimate of drug-likeness (QED) is 0.223. The van der Waals surface area contributed by atoms with Gasteiger partial charge < -0.3 is 13.9 Å². The van der Waals surface area contributed by atoms with E-state index < -0.39 is 17.8 Å². The number of hydrogen-bond donors (Lipinski definition) is 0. The summed E-state index contributed by atoms with van der Waals surface area (Å²) in [6.07, 6.45) is -1.30. The van der Waals surface area contributed by atoms with E-state index in [1.807, 2.05) is 30.3 Å². The van der Waals surface area contributed by atoms with Crippen molar-refractivity contribution in [3.8, 4) is 22.8 Å². The lowest BCUT2D eigenvalue weighted by molar-refractivity contribution is -0.137. The predicted octanol–water partition coefficient (Wildman–Crippen LogP) is 6.61. The standard InChI is InChI=1S/C34H25F3N2O4S/c1-41-27-14-11-21(17-28(27)42-2)31-25-13-10-19-6-3-4-9-24(19)30(25)38-33-39(31)32(40)29(44-33)18-23-12-15-26(43-23)20-7-5-8-22(16-20)34(35,36)37/h3-9,11-12,14-18,31H,10,13H2,1-2H3/b29-18-/t31-/m1/s1. The Kier molecular flexibility index (Phi) is 6.81. The van der Waals surface area contributed by atoms with Crippen molar-refractivity contribution < 1.29 is 27.1 Å². The topological polar surface area (TPSA) is 66.0 Å². The number of nitrogens with zero attached hydrogens (tertiary/aromatic N) is 2. The number of hydrogen-bond acceptors (Lipinski definition) is 6. The first-order valence-electron chi connectivity index (χ1n) is 13.9. The zero-order valence-electron chi connectivity index (χ0n) is 23.6. The summed E-state index contributed by atoms with van der Waals surface area (Å²) in [4.78, 5) is 19.6. The maximum atomic E-state index is 14.1. The average molecular weight is 615 g/mol. The molecule has 0 saturated carbocycles. The van der Waals surface area contributed by atoms with E-state index in [-0.39, 0.29) is 11.3 Å². The zero-order valence-corrected chi connectivity index (χ0v) is 24.5. The number of methoxy groups -OCH3 is 2. The third kappa shape index (κ3) is 4.75. The molecular formula is C34H25F3N2O4S. The number of halogens is 3. The second kappa shape index (κ2) is 10.7. The lowest BCUT2D eigenvalue weighted by Gasteiger charge is -2.31. The van der Waals surface area contributed by atoms with E-state index in [0.29, 0.717) is 32.2 Å². The smallest absolute Gasteiger partial charge is 0.416 e. The van der Waals surface area contributed by atoms with E-state index in [9.17, 15) is 18.0 Å². The van der Waals surface area contributed by atoms with Gasteiger partial charge in [-0.2, -0.15) is 13.2 Å². The number of ether oxygens (including phenoxy) is 2. The molecule has 1 aliphatic carbocycles. The Balaban J connectivity index is 1.37. The fraction of sp³-hybridized carbons (Fsp3) is 0.176. The number of fused-ring (bicyclic) bond motifs is 3. The highest BCUT2D eigenvalue weighted by Crippen LogP contribution is 2.43.